The van der Waals surface area contributed by atoms with Crippen LogP contribution in [-0.4, -0.2) is 47.8 Å². The molecule has 0 radical (unpaired) electrons. The molecule has 2 aromatic rings. The summed E-state index contributed by atoms with van der Waals surface area (Å²) in [4.78, 5) is 14.8. The SMILES string of the molecule is CC(C)c1cc(C(=O)Nc2ccc(OCCCN(C)C)cc2)nn1C(C)(C)C. The van der Waals surface area contributed by atoms with Crippen LogP contribution in [0.1, 0.15) is 63.1 Å². The third kappa shape index (κ3) is 6.09. The molecule has 0 aliphatic heterocycles. The lowest BCUT2D eigenvalue weighted by molar-refractivity contribution is 0.102. The largest absolute Gasteiger partial charge is 0.494 e. The predicted molar refractivity (Wildman–Crippen MR) is 114 cm³/mol. The van der Waals surface area contributed by atoms with Crippen LogP contribution >= 0.6 is 0 Å². The number of nitrogens with one attached hydrogen (secondary N) is 1. The van der Waals surface area contributed by atoms with E-state index < -0.39 is 0 Å². The number of carbonyl (C=O) groups excluding carboxylic acids is 1. The number of ether oxygens (including phenoxy) is 1. The molecule has 0 unspecified atom stereocenters. The van der Waals surface area contributed by atoms with E-state index in [9.17, 15) is 4.79 Å². The van der Waals surface area contributed by atoms with Crippen molar-refractivity contribution >= 4 is 11.6 Å². The molecule has 1 heterocycles. The zero-order valence-corrected chi connectivity index (χ0v) is 18.2. The van der Waals surface area contributed by atoms with Crippen molar-refractivity contribution in [3.8, 4) is 5.75 Å². The highest BCUT2D eigenvalue weighted by Crippen LogP contribution is 2.24. The fraction of sp³-hybridized carbons (Fsp3) is 0.545. The summed E-state index contributed by atoms with van der Waals surface area (Å²) in [7, 11) is 4.10. The first-order chi connectivity index (χ1) is 13.1. The standard InChI is InChI=1S/C22H34N4O2/c1-16(2)20-15-19(24-26(20)22(3,4)5)21(27)23-17-9-11-18(12-10-17)28-14-8-13-25(6)7/h9-12,15-16H,8,13-14H2,1-7H3,(H,23,27). The third-order valence-corrected chi connectivity index (χ3v) is 4.33. The normalized spacial score (nSPS) is 11.9. The average Bonchev–Trinajstić information content (AvgIpc) is 3.06. The monoisotopic (exact) mass is 386 g/mol. The number of hydrogen-bond donors (Lipinski definition) is 1. The Hall–Kier alpha value is -2.34. The van der Waals surface area contributed by atoms with E-state index in [1.54, 1.807) is 0 Å². The van der Waals surface area contributed by atoms with Crippen molar-refractivity contribution in [3.05, 3.63) is 41.7 Å². The molecule has 0 saturated carbocycles. The van der Waals surface area contributed by atoms with Crippen LogP contribution in [0.2, 0.25) is 0 Å². The van der Waals surface area contributed by atoms with Gasteiger partial charge in [0.05, 0.1) is 12.1 Å². The number of nitrogens with zero attached hydrogens (tertiary/aromatic N) is 3. The highest BCUT2D eigenvalue weighted by atomic mass is 16.5. The Morgan fingerprint density at radius 3 is 2.36 bits per heavy atom. The first-order valence-corrected chi connectivity index (χ1v) is 9.87. The lowest BCUT2D eigenvalue weighted by atomic mass is 10.1. The summed E-state index contributed by atoms with van der Waals surface area (Å²) in [5, 5.41) is 7.48. The van der Waals surface area contributed by atoms with Gasteiger partial charge in [-0.25, -0.2) is 0 Å². The van der Waals surface area contributed by atoms with Gasteiger partial charge in [-0.1, -0.05) is 13.8 Å². The van der Waals surface area contributed by atoms with Crippen LogP contribution in [0.15, 0.2) is 30.3 Å². The molecule has 1 N–H and O–H groups in total. The maximum Gasteiger partial charge on any atom is 0.276 e. The van der Waals surface area contributed by atoms with Gasteiger partial charge in [0.15, 0.2) is 5.69 Å². The van der Waals surface area contributed by atoms with Gasteiger partial charge in [0.1, 0.15) is 5.75 Å². The van der Waals surface area contributed by atoms with Crippen LogP contribution in [0, 0.1) is 0 Å². The Kier molecular flexibility index (Phi) is 7.24. The van der Waals surface area contributed by atoms with E-state index in [0.29, 0.717) is 12.3 Å². The summed E-state index contributed by atoms with van der Waals surface area (Å²) in [5.74, 6) is 0.887. The molecule has 1 aromatic carbocycles. The van der Waals surface area contributed by atoms with Crippen molar-refractivity contribution in [2.24, 2.45) is 0 Å². The molecule has 0 fully saturated rings. The highest BCUT2D eigenvalue weighted by molar-refractivity contribution is 6.03. The third-order valence-electron chi connectivity index (χ3n) is 4.33. The number of anilines is 1. The van der Waals surface area contributed by atoms with Gasteiger partial charge in [0, 0.05) is 17.9 Å². The van der Waals surface area contributed by atoms with E-state index in [0.717, 1.165) is 30.1 Å². The fourth-order valence-corrected chi connectivity index (χ4v) is 2.86. The Morgan fingerprint density at radius 1 is 1.21 bits per heavy atom. The zero-order valence-electron chi connectivity index (χ0n) is 18.2. The van der Waals surface area contributed by atoms with Crippen LogP contribution in [0.25, 0.3) is 0 Å². The summed E-state index contributed by atoms with van der Waals surface area (Å²) in [6.45, 7) is 12.1. The number of amides is 1. The Balaban J connectivity index is 2.01. The second-order valence-corrected chi connectivity index (χ2v) is 8.68. The Labute approximate surface area is 168 Å². The lowest BCUT2D eigenvalue weighted by Gasteiger charge is -2.23. The summed E-state index contributed by atoms with van der Waals surface area (Å²) in [5.41, 5.74) is 2.03. The second kappa shape index (κ2) is 9.24. The lowest BCUT2D eigenvalue weighted by Crippen LogP contribution is -2.26. The van der Waals surface area contributed by atoms with E-state index in [4.69, 9.17) is 4.74 Å². The first-order valence-electron chi connectivity index (χ1n) is 9.87. The smallest absolute Gasteiger partial charge is 0.276 e. The number of aromatic nitrogens is 2. The molecule has 0 atom stereocenters. The minimum absolute atomic E-state index is 0.177. The van der Waals surface area contributed by atoms with Crippen LogP contribution in [0.3, 0.4) is 0 Å². The van der Waals surface area contributed by atoms with Crippen molar-refractivity contribution in [1.29, 1.82) is 0 Å². The first kappa shape index (κ1) is 22.0. The molecule has 0 saturated heterocycles. The maximum atomic E-state index is 12.7. The quantitative estimate of drug-likeness (QED) is 0.686. The molecule has 0 aliphatic rings. The van der Waals surface area contributed by atoms with Crippen molar-refractivity contribution in [2.75, 3.05) is 32.6 Å². The minimum atomic E-state index is -0.204. The van der Waals surface area contributed by atoms with Gasteiger partial charge >= 0.3 is 0 Å². The molecule has 2 rings (SSSR count). The molecule has 6 heteroatoms. The Bertz CT molecular complexity index is 771. The number of hydrogen-bond acceptors (Lipinski definition) is 4. The zero-order chi connectivity index (χ0) is 20.9. The van der Waals surface area contributed by atoms with Crippen molar-refractivity contribution in [2.45, 2.75) is 52.5 Å². The topological polar surface area (TPSA) is 59.4 Å². The van der Waals surface area contributed by atoms with Gasteiger partial charge in [-0.2, -0.15) is 5.10 Å². The summed E-state index contributed by atoms with van der Waals surface area (Å²) in [6.07, 6.45) is 0.972. The highest BCUT2D eigenvalue weighted by Gasteiger charge is 2.23. The Morgan fingerprint density at radius 2 is 1.86 bits per heavy atom. The van der Waals surface area contributed by atoms with E-state index in [1.165, 1.54) is 0 Å². The molecule has 6 nitrogen and oxygen atoms in total. The molecule has 28 heavy (non-hydrogen) atoms. The van der Waals surface area contributed by atoms with Gasteiger partial charge < -0.3 is 15.0 Å². The number of benzene rings is 1. The van der Waals surface area contributed by atoms with Gasteiger partial charge in [-0.15, -0.1) is 0 Å². The molecule has 0 aliphatic carbocycles. The van der Waals surface area contributed by atoms with Crippen molar-refractivity contribution < 1.29 is 9.53 Å². The van der Waals surface area contributed by atoms with Gasteiger partial charge in [-0.05, 0) is 77.5 Å². The fourth-order valence-electron chi connectivity index (χ4n) is 2.86. The maximum absolute atomic E-state index is 12.7. The number of carbonyl (C=O) groups is 1. The predicted octanol–water partition coefficient (Wildman–Crippen LogP) is 4.34. The van der Waals surface area contributed by atoms with E-state index in [-0.39, 0.29) is 17.4 Å². The molecular formula is C22H34N4O2. The van der Waals surface area contributed by atoms with E-state index in [1.807, 2.05) is 49.1 Å². The van der Waals surface area contributed by atoms with Crippen LogP contribution in [-0.2, 0) is 5.54 Å². The number of rotatable bonds is 8. The molecule has 1 aromatic heterocycles. The summed E-state index contributed by atoms with van der Waals surface area (Å²) >= 11 is 0. The van der Waals surface area contributed by atoms with Gasteiger partial charge in [0.2, 0.25) is 0 Å². The van der Waals surface area contributed by atoms with E-state index in [2.05, 4.69) is 49.9 Å². The molecule has 1 amide bonds. The summed E-state index contributed by atoms with van der Waals surface area (Å²) < 4.78 is 7.67. The second-order valence-electron chi connectivity index (χ2n) is 8.68. The van der Waals surface area contributed by atoms with Gasteiger partial charge in [-0.3, -0.25) is 9.48 Å². The average molecular weight is 387 g/mol. The summed E-state index contributed by atoms with van der Waals surface area (Å²) in [6, 6.07) is 9.33. The van der Waals surface area contributed by atoms with Crippen molar-refractivity contribution in [3.63, 3.8) is 0 Å². The van der Waals surface area contributed by atoms with E-state index >= 15 is 0 Å². The molecule has 154 valence electrons. The molecule has 0 spiro atoms. The van der Waals surface area contributed by atoms with Crippen LogP contribution < -0.4 is 10.1 Å². The van der Waals surface area contributed by atoms with Gasteiger partial charge in [0.25, 0.3) is 5.91 Å². The van der Waals surface area contributed by atoms with Crippen LogP contribution in [0.5, 0.6) is 5.75 Å². The minimum Gasteiger partial charge on any atom is -0.494 e. The van der Waals surface area contributed by atoms with Crippen LogP contribution in [0.4, 0.5) is 5.69 Å². The van der Waals surface area contributed by atoms with Crippen molar-refractivity contribution in [1.82, 2.24) is 14.7 Å². The molecular weight excluding hydrogens is 352 g/mol. The molecule has 0 bridgehead atoms.